The first-order valence-corrected chi connectivity index (χ1v) is 3.07. The van der Waals surface area contributed by atoms with E-state index in [1.54, 1.807) is 0 Å². The van der Waals surface area contributed by atoms with Crippen LogP contribution in [-0.4, -0.2) is 23.0 Å². The number of aromatic nitrogens is 2. The first kappa shape index (κ1) is 8.76. The Morgan fingerprint density at radius 3 is 2.75 bits per heavy atom. The third-order valence-electron chi connectivity index (χ3n) is 0.966. The lowest BCUT2D eigenvalue weighted by molar-refractivity contribution is 0.0792. The van der Waals surface area contributed by atoms with Crippen molar-refractivity contribution in [1.82, 2.24) is 9.97 Å². The second-order valence-corrected chi connectivity index (χ2v) is 1.88. The molecule has 0 spiro atoms. The van der Waals surface area contributed by atoms with Crippen molar-refractivity contribution in [2.24, 2.45) is 0 Å². The van der Waals surface area contributed by atoms with Gasteiger partial charge in [0.05, 0.1) is 6.07 Å². The van der Waals surface area contributed by atoms with Crippen molar-refractivity contribution >= 4 is 0 Å². The standard InChI is InChI=1S/C6H5F3N2O/c7-4(8)2-12-6-1-5(9)10-3-11-6/h1,3-4H,2H2. The van der Waals surface area contributed by atoms with Gasteiger partial charge in [0, 0.05) is 0 Å². The normalized spacial score (nSPS) is 10.3. The molecule has 3 nitrogen and oxygen atoms in total. The number of nitrogens with zero attached hydrogens (tertiary/aromatic N) is 2. The van der Waals surface area contributed by atoms with Gasteiger partial charge in [0.15, 0.2) is 6.61 Å². The number of rotatable bonds is 3. The number of ether oxygens (including phenoxy) is 1. The molecule has 0 saturated heterocycles. The van der Waals surface area contributed by atoms with Crippen LogP contribution in [0.2, 0.25) is 0 Å². The summed E-state index contributed by atoms with van der Waals surface area (Å²) in [6, 6.07) is 0.836. The molecule has 1 rings (SSSR count). The predicted octanol–water partition coefficient (Wildman–Crippen LogP) is 1.26. The predicted molar refractivity (Wildman–Crippen MR) is 33.5 cm³/mol. The van der Waals surface area contributed by atoms with E-state index >= 15 is 0 Å². The minimum Gasteiger partial charge on any atom is -0.471 e. The summed E-state index contributed by atoms with van der Waals surface area (Å²) in [6.07, 6.45) is -1.70. The van der Waals surface area contributed by atoms with Gasteiger partial charge in [0.1, 0.15) is 6.33 Å². The van der Waals surface area contributed by atoms with Crippen molar-refractivity contribution in [3.63, 3.8) is 0 Å². The summed E-state index contributed by atoms with van der Waals surface area (Å²) in [7, 11) is 0. The monoisotopic (exact) mass is 178 g/mol. The van der Waals surface area contributed by atoms with Crippen molar-refractivity contribution in [2.45, 2.75) is 6.43 Å². The van der Waals surface area contributed by atoms with Crippen molar-refractivity contribution < 1.29 is 17.9 Å². The van der Waals surface area contributed by atoms with Gasteiger partial charge >= 0.3 is 0 Å². The SMILES string of the molecule is Fc1cc(OCC(F)F)ncn1. The fourth-order valence-corrected chi connectivity index (χ4v) is 0.545. The molecule has 0 amide bonds. The van der Waals surface area contributed by atoms with Crippen LogP contribution in [0.3, 0.4) is 0 Å². The number of hydrogen-bond donors (Lipinski definition) is 0. The van der Waals surface area contributed by atoms with Crippen LogP contribution in [-0.2, 0) is 0 Å². The van der Waals surface area contributed by atoms with E-state index in [0.717, 1.165) is 12.4 Å². The highest BCUT2D eigenvalue weighted by Crippen LogP contribution is 2.06. The van der Waals surface area contributed by atoms with E-state index in [1.807, 2.05) is 0 Å². The first-order chi connectivity index (χ1) is 5.68. The molecule has 0 aromatic carbocycles. The van der Waals surface area contributed by atoms with Crippen LogP contribution < -0.4 is 4.74 Å². The van der Waals surface area contributed by atoms with Gasteiger partial charge in [-0.05, 0) is 0 Å². The molecule has 1 aromatic heterocycles. The topological polar surface area (TPSA) is 35.0 Å². The zero-order chi connectivity index (χ0) is 8.97. The minimum absolute atomic E-state index is 0.192. The number of halogens is 3. The molecule has 12 heavy (non-hydrogen) atoms. The van der Waals surface area contributed by atoms with Crippen LogP contribution in [0.25, 0.3) is 0 Å². The van der Waals surface area contributed by atoms with Crippen LogP contribution in [0.1, 0.15) is 0 Å². The molecule has 0 aliphatic heterocycles. The van der Waals surface area contributed by atoms with E-state index in [1.165, 1.54) is 0 Å². The fraction of sp³-hybridized carbons (Fsp3) is 0.333. The summed E-state index contributed by atoms with van der Waals surface area (Å²) < 4.78 is 39.8. The molecular formula is C6H5F3N2O. The molecule has 66 valence electrons. The van der Waals surface area contributed by atoms with Gasteiger partial charge < -0.3 is 4.74 Å². The maximum absolute atomic E-state index is 12.3. The molecule has 0 aliphatic carbocycles. The second kappa shape index (κ2) is 3.89. The zero-order valence-electron chi connectivity index (χ0n) is 5.88. The molecule has 0 aliphatic rings. The summed E-state index contributed by atoms with van der Waals surface area (Å²) in [5.41, 5.74) is 0. The highest BCUT2D eigenvalue weighted by atomic mass is 19.3. The van der Waals surface area contributed by atoms with E-state index in [4.69, 9.17) is 0 Å². The van der Waals surface area contributed by atoms with E-state index in [2.05, 4.69) is 14.7 Å². The van der Waals surface area contributed by atoms with Crippen LogP contribution in [0.4, 0.5) is 13.2 Å². The summed E-state index contributed by atoms with van der Waals surface area (Å²) >= 11 is 0. The Labute approximate surface area is 66.2 Å². The number of hydrogen-bond acceptors (Lipinski definition) is 3. The highest BCUT2D eigenvalue weighted by Gasteiger charge is 2.04. The molecular weight excluding hydrogens is 173 g/mol. The Bertz CT molecular complexity index is 256. The van der Waals surface area contributed by atoms with Gasteiger partial charge in [0.2, 0.25) is 11.8 Å². The van der Waals surface area contributed by atoms with Crippen LogP contribution in [0.15, 0.2) is 12.4 Å². The molecule has 1 heterocycles. The Balaban J connectivity index is 2.52. The minimum atomic E-state index is -2.59. The number of alkyl halides is 2. The molecule has 6 heteroatoms. The Morgan fingerprint density at radius 2 is 2.17 bits per heavy atom. The summed E-state index contributed by atoms with van der Waals surface area (Å²) in [5.74, 6) is -1.00. The van der Waals surface area contributed by atoms with Gasteiger partial charge in [-0.25, -0.2) is 18.7 Å². The third kappa shape index (κ3) is 2.73. The van der Waals surface area contributed by atoms with Crippen LogP contribution in [0, 0.1) is 5.95 Å². The summed E-state index contributed by atoms with van der Waals surface area (Å²) in [6.45, 7) is -0.795. The van der Waals surface area contributed by atoms with Gasteiger partial charge in [-0.1, -0.05) is 0 Å². The van der Waals surface area contributed by atoms with Gasteiger partial charge in [-0.2, -0.15) is 4.39 Å². The summed E-state index contributed by atoms with van der Waals surface area (Å²) in [5, 5.41) is 0. The molecule has 1 aromatic rings. The molecule has 0 N–H and O–H groups in total. The smallest absolute Gasteiger partial charge is 0.272 e. The molecule has 0 fully saturated rings. The Morgan fingerprint density at radius 1 is 1.42 bits per heavy atom. The molecule has 0 saturated carbocycles. The van der Waals surface area contributed by atoms with Crippen LogP contribution >= 0.6 is 0 Å². The van der Waals surface area contributed by atoms with E-state index in [9.17, 15) is 13.2 Å². The van der Waals surface area contributed by atoms with E-state index < -0.39 is 19.0 Å². The Hall–Kier alpha value is -1.33. The molecule has 0 radical (unpaired) electrons. The van der Waals surface area contributed by atoms with E-state index in [0.29, 0.717) is 0 Å². The van der Waals surface area contributed by atoms with E-state index in [-0.39, 0.29) is 5.88 Å². The highest BCUT2D eigenvalue weighted by molar-refractivity contribution is 5.05. The average molecular weight is 178 g/mol. The average Bonchev–Trinajstić information content (AvgIpc) is 2.01. The van der Waals surface area contributed by atoms with Gasteiger partial charge in [-0.3, -0.25) is 0 Å². The quantitative estimate of drug-likeness (QED) is 0.653. The zero-order valence-corrected chi connectivity index (χ0v) is 5.88. The maximum atomic E-state index is 12.3. The molecule has 0 unspecified atom stereocenters. The lowest BCUT2D eigenvalue weighted by Gasteiger charge is -2.02. The largest absolute Gasteiger partial charge is 0.471 e. The lowest BCUT2D eigenvalue weighted by atomic mass is 10.6. The molecule has 0 atom stereocenters. The van der Waals surface area contributed by atoms with Gasteiger partial charge in [0.25, 0.3) is 6.43 Å². The maximum Gasteiger partial charge on any atom is 0.272 e. The van der Waals surface area contributed by atoms with Gasteiger partial charge in [-0.15, -0.1) is 0 Å². The van der Waals surface area contributed by atoms with Crippen molar-refractivity contribution in [1.29, 1.82) is 0 Å². The fourth-order valence-electron chi connectivity index (χ4n) is 0.545. The summed E-state index contributed by atoms with van der Waals surface area (Å²) in [4.78, 5) is 6.53. The van der Waals surface area contributed by atoms with Crippen LogP contribution in [0.5, 0.6) is 5.88 Å². The van der Waals surface area contributed by atoms with Crippen molar-refractivity contribution in [2.75, 3.05) is 6.61 Å². The molecule has 0 bridgehead atoms. The van der Waals surface area contributed by atoms with Crippen molar-refractivity contribution in [3.8, 4) is 5.88 Å². The van der Waals surface area contributed by atoms with Crippen molar-refractivity contribution in [3.05, 3.63) is 18.3 Å². The lowest BCUT2D eigenvalue weighted by Crippen LogP contribution is -2.08. The third-order valence-corrected chi connectivity index (χ3v) is 0.966. The first-order valence-electron chi connectivity index (χ1n) is 3.07. The Kier molecular flexibility index (Phi) is 2.84. The second-order valence-electron chi connectivity index (χ2n) is 1.88.